The number of nitrogens with two attached hydrogens (primary N) is 1. The third-order valence-corrected chi connectivity index (χ3v) is 2.73. The van der Waals surface area contributed by atoms with E-state index in [1.54, 1.807) is 11.9 Å². The zero-order valence-corrected chi connectivity index (χ0v) is 11.9. The first-order valence-corrected chi connectivity index (χ1v) is 6.48. The molecule has 0 rings (SSSR count). The van der Waals surface area contributed by atoms with E-state index in [1.165, 1.54) is 0 Å². The number of carbonyl (C=O) groups excluding carboxylic acids is 1. The molecular weight excluding hydrogens is 236 g/mol. The lowest BCUT2D eigenvalue weighted by Crippen LogP contribution is -2.33. The summed E-state index contributed by atoms with van der Waals surface area (Å²) in [6.45, 7) is 5.61. The molecule has 0 radical (unpaired) electrons. The highest BCUT2D eigenvalue weighted by Crippen LogP contribution is 2.05. The molecule has 0 spiro atoms. The summed E-state index contributed by atoms with van der Waals surface area (Å²) >= 11 is 4.76. The minimum absolute atomic E-state index is 0.0232. The molecule has 0 bridgehead atoms. The number of likely N-dealkylation sites (N-methyl/N-ethyl adjacent to an activating group) is 1. The Kier molecular flexibility index (Phi) is 8.99. The molecule has 100 valence electrons. The summed E-state index contributed by atoms with van der Waals surface area (Å²) < 4.78 is 5.38. The topological polar surface area (TPSA) is 55.6 Å². The fourth-order valence-electron chi connectivity index (χ4n) is 1.44. The summed E-state index contributed by atoms with van der Waals surface area (Å²) in [5.41, 5.74) is 5.38. The van der Waals surface area contributed by atoms with E-state index in [-0.39, 0.29) is 12.5 Å². The minimum Gasteiger partial charge on any atom is -0.393 e. The van der Waals surface area contributed by atoms with Crippen LogP contribution >= 0.6 is 12.2 Å². The lowest BCUT2D eigenvalue weighted by atomic mass is 10.1. The van der Waals surface area contributed by atoms with E-state index in [2.05, 4.69) is 13.8 Å². The van der Waals surface area contributed by atoms with Crippen LogP contribution < -0.4 is 5.73 Å². The third-order valence-electron chi connectivity index (χ3n) is 2.53. The molecule has 0 aliphatic rings. The SMILES string of the molecule is CCCC(C)COCC(=O)N(C)CCC(N)=S. The molecule has 0 fully saturated rings. The molecule has 1 atom stereocenters. The summed E-state index contributed by atoms with van der Waals surface area (Å²) in [5, 5.41) is 0. The van der Waals surface area contributed by atoms with E-state index in [0.29, 0.717) is 30.5 Å². The number of amides is 1. The predicted octanol–water partition coefficient (Wildman–Crippen LogP) is 1.57. The molecule has 0 aliphatic heterocycles. The summed E-state index contributed by atoms with van der Waals surface area (Å²) in [6, 6.07) is 0. The molecule has 0 aromatic carbocycles. The van der Waals surface area contributed by atoms with Crippen LogP contribution in [0.3, 0.4) is 0 Å². The molecule has 4 nitrogen and oxygen atoms in total. The minimum atomic E-state index is -0.0232. The smallest absolute Gasteiger partial charge is 0.248 e. The lowest BCUT2D eigenvalue weighted by Gasteiger charge is -2.17. The number of ether oxygens (including phenoxy) is 1. The Morgan fingerprint density at radius 1 is 1.53 bits per heavy atom. The first-order chi connectivity index (χ1) is 7.97. The van der Waals surface area contributed by atoms with Gasteiger partial charge in [-0.15, -0.1) is 0 Å². The first kappa shape index (κ1) is 16.3. The Labute approximate surface area is 109 Å². The van der Waals surface area contributed by atoms with Gasteiger partial charge in [0.1, 0.15) is 6.61 Å². The maximum atomic E-state index is 11.6. The first-order valence-electron chi connectivity index (χ1n) is 6.07. The molecule has 0 aromatic rings. The number of carbonyl (C=O) groups is 1. The van der Waals surface area contributed by atoms with Crippen LogP contribution in [0.25, 0.3) is 0 Å². The summed E-state index contributed by atoms with van der Waals surface area (Å²) in [5.74, 6) is 0.486. The standard InChI is InChI=1S/C12H24N2O2S/c1-4-5-10(2)8-16-9-12(15)14(3)7-6-11(13)17/h10H,4-9H2,1-3H3,(H2,13,17). The Morgan fingerprint density at radius 2 is 2.18 bits per heavy atom. The van der Waals surface area contributed by atoms with Crippen LogP contribution in [0.4, 0.5) is 0 Å². The number of nitrogens with zero attached hydrogens (tertiary/aromatic N) is 1. The van der Waals surface area contributed by atoms with E-state index in [0.717, 1.165) is 12.8 Å². The van der Waals surface area contributed by atoms with Crippen molar-refractivity contribution in [1.29, 1.82) is 0 Å². The van der Waals surface area contributed by atoms with Crippen molar-refractivity contribution in [3.05, 3.63) is 0 Å². The van der Waals surface area contributed by atoms with Crippen molar-refractivity contribution in [2.24, 2.45) is 11.7 Å². The Morgan fingerprint density at radius 3 is 2.71 bits per heavy atom. The van der Waals surface area contributed by atoms with Crippen molar-refractivity contribution in [1.82, 2.24) is 4.90 Å². The fraction of sp³-hybridized carbons (Fsp3) is 0.833. The molecule has 2 N–H and O–H groups in total. The van der Waals surface area contributed by atoms with Gasteiger partial charge >= 0.3 is 0 Å². The van der Waals surface area contributed by atoms with Crippen LogP contribution in [0.5, 0.6) is 0 Å². The Balaban J connectivity index is 3.67. The fourth-order valence-corrected chi connectivity index (χ4v) is 1.53. The van der Waals surface area contributed by atoms with Gasteiger partial charge in [0.15, 0.2) is 0 Å². The van der Waals surface area contributed by atoms with Crippen LogP contribution in [0, 0.1) is 5.92 Å². The summed E-state index contributed by atoms with van der Waals surface area (Å²) in [7, 11) is 1.74. The van der Waals surface area contributed by atoms with Crippen LogP contribution in [-0.4, -0.2) is 42.6 Å². The van der Waals surface area contributed by atoms with Crippen molar-refractivity contribution in [2.45, 2.75) is 33.1 Å². The molecule has 5 heteroatoms. The van der Waals surface area contributed by atoms with Crippen molar-refractivity contribution in [3.63, 3.8) is 0 Å². The van der Waals surface area contributed by atoms with E-state index in [1.807, 2.05) is 0 Å². The maximum absolute atomic E-state index is 11.6. The molecule has 0 aliphatic carbocycles. The van der Waals surface area contributed by atoms with Crippen LogP contribution in [0.1, 0.15) is 33.1 Å². The van der Waals surface area contributed by atoms with Crippen LogP contribution in [0.15, 0.2) is 0 Å². The number of rotatable bonds is 9. The van der Waals surface area contributed by atoms with Gasteiger partial charge in [0.25, 0.3) is 0 Å². The quantitative estimate of drug-likeness (QED) is 0.639. The highest BCUT2D eigenvalue weighted by molar-refractivity contribution is 7.80. The molecule has 0 saturated heterocycles. The number of hydrogen-bond donors (Lipinski definition) is 1. The highest BCUT2D eigenvalue weighted by Gasteiger charge is 2.09. The Hall–Kier alpha value is -0.680. The van der Waals surface area contributed by atoms with Gasteiger partial charge in [-0.1, -0.05) is 32.5 Å². The van der Waals surface area contributed by atoms with Crippen LogP contribution in [0.2, 0.25) is 0 Å². The van der Waals surface area contributed by atoms with E-state index in [4.69, 9.17) is 22.7 Å². The zero-order chi connectivity index (χ0) is 13.3. The number of thiocarbonyl (C=S) groups is 1. The molecule has 17 heavy (non-hydrogen) atoms. The van der Waals surface area contributed by atoms with Gasteiger partial charge in [-0.2, -0.15) is 0 Å². The van der Waals surface area contributed by atoms with Crippen molar-refractivity contribution >= 4 is 23.1 Å². The summed E-state index contributed by atoms with van der Waals surface area (Å²) in [6.07, 6.45) is 2.83. The average Bonchev–Trinajstić information content (AvgIpc) is 2.25. The zero-order valence-electron chi connectivity index (χ0n) is 11.1. The maximum Gasteiger partial charge on any atom is 0.248 e. The second-order valence-electron chi connectivity index (χ2n) is 4.44. The predicted molar refractivity (Wildman–Crippen MR) is 73.9 cm³/mol. The normalized spacial score (nSPS) is 12.2. The molecule has 0 aromatic heterocycles. The van der Waals surface area contributed by atoms with Crippen LogP contribution in [-0.2, 0) is 9.53 Å². The molecule has 0 heterocycles. The van der Waals surface area contributed by atoms with Gasteiger partial charge in [0.2, 0.25) is 5.91 Å². The second kappa shape index (κ2) is 9.36. The van der Waals surface area contributed by atoms with Gasteiger partial charge in [0.05, 0.1) is 4.99 Å². The van der Waals surface area contributed by atoms with Gasteiger partial charge in [-0.05, 0) is 12.3 Å². The molecule has 1 amide bonds. The summed E-state index contributed by atoms with van der Waals surface area (Å²) in [4.78, 5) is 13.6. The van der Waals surface area contributed by atoms with Crippen molar-refractivity contribution < 1.29 is 9.53 Å². The van der Waals surface area contributed by atoms with E-state index < -0.39 is 0 Å². The second-order valence-corrected chi connectivity index (χ2v) is 4.96. The highest BCUT2D eigenvalue weighted by atomic mass is 32.1. The van der Waals surface area contributed by atoms with E-state index >= 15 is 0 Å². The molecular formula is C12H24N2O2S. The van der Waals surface area contributed by atoms with Gasteiger partial charge in [-0.3, -0.25) is 4.79 Å². The number of hydrogen-bond acceptors (Lipinski definition) is 3. The molecule has 0 saturated carbocycles. The Bertz CT molecular complexity index is 247. The van der Waals surface area contributed by atoms with E-state index in [9.17, 15) is 4.79 Å². The largest absolute Gasteiger partial charge is 0.393 e. The molecule has 1 unspecified atom stereocenters. The van der Waals surface area contributed by atoms with Gasteiger partial charge in [-0.25, -0.2) is 0 Å². The third kappa shape index (κ3) is 9.06. The van der Waals surface area contributed by atoms with Crippen molar-refractivity contribution in [3.8, 4) is 0 Å². The monoisotopic (exact) mass is 260 g/mol. The van der Waals surface area contributed by atoms with Gasteiger partial charge < -0.3 is 15.4 Å². The lowest BCUT2D eigenvalue weighted by molar-refractivity contribution is -0.135. The van der Waals surface area contributed by atoms with Crippen molar-refractivity contribution in [2.75, 3.05) is 26.8 Å². The average molecular weight is 260 g/mol. The van der Waals surface area contributed by atoms with Gasteiger partial charge in [0, 0.05) is 26.6 Å².